The molecule has 0 bridgehead atoms. The molecular formula is C24H24Cl2N4O4S. The van der Waals surface area contributed by atoms with Crippen LogP contribution in [-0.4, -0.2) is 39.9 Å². The molecule has 0 aliphatic heterocycles. The Balaban J connectivity index is 1.94. The van der Waals surface area contributed by atoms with Crippen molar-refractivity contribution in [2.24, 2.45) is 12.5 Å². The van der Waals surface area contributed by atoms with E-state index in [0.29, 0.717) is 0 Å². The van der Waals surface area contributed by atoms with Gasteiger partial charge in [0.15, 0.2) is 0 Å². The first-order valence-corrected chi connectivity index (χ1v) is 12.8. The van der Waals surface area contributed by atoms with Gasteiger partial charge in [-0.25, -0.2) is 13.2 Å². The molecule has 0 spiro atoms. The highest BCUT2D eigenvalue weighted by Gasteiger charge is 2.43. The van der Waals surface area contributed by atoms with E-state index < -0.39 is 27.4 Å². The molecule has 1 N–H and O–H groups in total. The van der Waals surface area contributed by atoms with Crippen molar-refractivity contribution < 1.29 is 18.3 Å². The first-order chi connectivity index (χ1) is 16.3. The van der Waals surface area contributed by atoms with Crippen LogP contribution in [0.25, 0.3) is 16.6 Å². The van der Waals surface area contributed by atoms with Gasteiger partial charge in [-0.3, -0.25) is 8.99 Å². The zero-order valence-electron chi connectivity index (χ0n) is 19.5. The fourth-order valence-corrected chi connectivity index (χ4v) is 6.57. The number of aliphatic carboxylic acids is 1. The second kappa shape index (κ2) is 8.89. The summed E-state index contributed by atoms with van der Waals surface area (Å²) in [6.07, 6.45) is 5.42. The number of carboxylic acids is 1. The van der Waals surface area contributed by atoms with Crippen molar-refractivity contribution in [1.29, 1.82) is 0 Å². The highest BCUT2D eigenvalue weighted by Crippen LogP contribution is 2.37. The maximum absolute atomic E-state index is 13.9. The van der Waals surface area contributed by atoms with Crippen LogP contribution in [0.5, 0.6) is 0 Å². The summed E-state index contributed by atoms with van der Waals surface area (Å²) in [5.41, 5.74) is 0.913. The summed E-state index contributed by atoms with van der Waals surface area (Å²) in [6, 6.07) is 9.37. The predicted octanol–water partition coefficient (Wildman–Crippen LogP) is 5.37. The molecule has 0 saturated heterocycles. The third-order valence-corrected chi connectivity index (χ3v) is 7.79. The molecule has 11 heteroatoms. The van der Waals surface area contributed by atoms with E-state index in [1.165, 1.54) is 18.2 Å². The van der Waals surface area contributed by atoms with Crippen molar-refractivity contribution >= 4 is 55.8 Å². The first kappa shape index (κ1) is 25.1. The highest BCUT2D eigenvalue weighted by molar-refractivity contribution is 7.93. The summed E-state index contributed by atoms with van der Waals surface area (Å²) in [5, 5.41) is 15.3. The van der Waals surface area contributed by atoms with Gasteiger partial charge in [0.2, 0.25) is 0 Å². The Morgan fingerprint density at radius 1 is 1.09 bits per heavy atom. The Morgan fingerprint density at radius 2 is 1.74 bits per heavy atom. The maximum atomic E-state index is 13.9. The predicted molar refractivity (Wildman–Crippen MR) is 137 cm³/mol. The lowest BCUT2D eigenvalue weighted by Crippen LogP contribution is -2.52. The maximum Gasteiger partial charge on any atom is 0.328 e. The molecule has 0 fully saturated rings. The monoisotopic (exact) mass is 534 g/mol. The highest BCUT2D eigenvalue weighted by atomic mass is 35.5. The van der Waals surface area contributed by atoms with E-state index >= 15 is 0 Å². The summed E-state index contributed by atoms with van der Waals surface area (Å²) in [6.45, 7) is 5.03. The van der Waals surface area contributed by atoms with E-state index in [1.807, 2.05) is 30.1 Å². The van der Waals surface area contributed by atoms with E-state index in [-0.39, 0.29) is 20.6 Å². The Hall–Kier alpha value is -3.01. The van der Waals surface area contributed by atoms with Crippen molar-refractivity contribution in [3.8, 4) is 5.69 Å². The van der Waals surface area contributed by atoms with Crippen LogP contribution in [0, 0.1) is 5.41 Å². The lowest BCUT2D eigenvalue weighted by molar-refractivity contribution is -0.140. The smallest absolute Gasteiger partial charge is 0.328 e. The zero-order valence-corrected chi connectivity index (χ0v) is 21.8. The van der Waals surface area contributed by atoms with Gasteiger partial charge >= 0.3 is 5.97 Å². The number of nitrogens with zero attached hydrogens (tertiary/aromatic N) is 4. The van der Waals surface area contributed by atoms with Crippen molar-refractivity contribution in [1.82, 2.24) is 14.3 Å². The number of rotatable bonds is 6. The van der Waals surface area contributed by atoms with Crippen LogP contribution in [-0.2, 0) is 21.9 Å². The van der Waals surface area contributed by atoms with Crippen molar-refractivity contribution in [3.05, 3.63) is 71.1 Å². The second-order valence-electron chi connectivity index (χ2n) is 9.31. The second-order valence-corrected chi connectivity index (χ2v) is 12.0. The standard InChI is InChI=1S/C24H24Cl2N4O4S/c1-24(2,3)22(23(31)32)30(35(33,34)20-11-16(25)10-17(26)12-20)18-5-6-21-15(9-18)7-8-29(21)19-13-27-28(4)14-19/h5-14,22H,1-4H3,(H,31,32). The molecule has 0 aliphatic rings. The van der Waals surface area contributed by atoms with Crippen LogP contribution >= 0.6 is 23.2 Å². The van der Waals surface area contributed by atoms with Crippen molar-refractivity contribution in [2.75, 3.05) is 4.31 Å². The first-order valence-electron chi connectivity index (χ1n) is 10.6. The van der Waals surface area contributed by atoms with Gasteiger partial charge in [-0.1, -0.05) is 44.0 Å². The number of carboxylic acid groups (broad SMARTS) is 1. The molecule has 1 unspecified atom stereocenters. The molecule has 0 radical (unpaired) electrons. The topological polar surface area (TPSA) is 97.4 Å². The average Bonchev–Trinajstić information content (AvgIpc) is 3.35. The van der Waals surface area contributed by atoms with Gasteiger partial charge < -0.3 is 9.67 Å². The summed E-state index contributed by atoms with van der Waals surface area (Å²) in [7, 11) is -2.56. The minimum Gasteiger partial charge on any atom is -0.480 e. The van der Waals surface area contributed by atoms with E-state index in [1.54, 1.807) is 49.8 Å². The molecule has 4 aromatic rings. The van der Waals surface area contributed by atoms with E-state index in [9.17, 15) is 18.3 Å². The number of hydrogen-bond acceptors (Lipinski definition) is 4. The molecule has 2 heterocycles. The molecule has 0 saturated carbocycles. The number of carbonyl (C=O) groups is 1. The summed E-state index contributed by atoms with van der Waals surface area (Å²) >= 11 is 12.2. The fourth-order valence-electron chi connectivity index (χ4n) is 4.07. The van der Waals surface area contributed by atoms with Crippen LogP contribution in [0.2, 0.25) is 10.0 Å². The van der Waals surface area contributed by atoms with Crippen LogP contribution in [0.3, 0.4) is 0 Å². The minimum absolute atomic E-state index is 0.127. The number of halogens is 2. The summed E-state index contributed by atoms with van der Waals surface area (Å²) in [4.78, 5) is 12.3. The number of sulfonamides is 1. The van der Waals surface area contributed by atoms with Gasteiger partial charge in [0.1, 0.15) is 6.04 Å². The number of aryl methyl sites for hydroxylation is 1. The summed E-state index contributed by atoms with van der Waals surface area (Å²) in [5.74, 6) is -1.28. The molecule has 2 aromatic carbocycles. The largest absolute Gasteiger partial charge is 0.480 e. The normalized spacial score (nSPS) is 13.2. The number of fused-ring (bicyclic) bond motifs is 1. The van der Waals surface area contributed by atoms with Gasteiger partial charge in [0.25, 0.3) is 10.0 Å². The van der Waals surface area contributed by atoms with Gasteiger partial charge in [-0.15, -0.1) is 0 Å². The number of hydrogen-bond donors (Lipinski definition) is 1. The van der Waals surface area contributed by atoms with Gasteiger partial charge in [0, 0.05) is 34.9 Å². The Labute approximate surface area is 213 Å². The Kier molecular flexibility index (Phi) is 6.37. The molecule has 4 rings (SSSR count). The van der Waals surface area contributed by atoms with Crippen LogP contribution in [0.1, 0.15) is 20.8 Å². The zero-order chi connectivity index (χ0) is 25.7. The molecular weight excluding hydrogens is 511 g/mol. The SMILES string of the molecule is Cn1cc(-n2ccc3cc(N(C(C(=O)O)C(C)(C)C)S(=O)(=O)c4cc(Cl)cc(Cl)c4)ccc32)cn1. The molecule has 8 nitrogen and oxygen atoms in total. The van der Waals surface area contributed by atoms with E-state index in [0.717, 1.165) is 20.9 Å². The lowest BCUT2D eigenvalue weighted by atomic mass is 9.86. The Morgan fingerprint density at radius 3 is 2.29 bits per heavy atom. The number of aromatic nitrogens is 3. The van der Waals surface area contributed by atoms with Gasteiger partial charge in [-0.2, -0.15) is 5.10 Å². The van der Waals surface area contributed by atoms with Crippen LogP contribution in [0.15, 0.2) is 66.0 Å². The third kappa shape index (κ3) is 4.76. The number of anilines is 1. The molecule has 184 valence electrons. The molecule has 35 heavy (non-hydrogen) atoms. The number of benzene rings is 2. The minimum atomic E-state index is -4.37. The van der Waals surface area contributed by atoms with Crippen LogP contribution < -0.4 is 4.31 Å². The molecule has 0 aliphatic carbocycles. The van der Waals surface area contributed by atoms with Gasteiger partial charge in [-0.05, 0) is 47.9 Å². The van der Waals surface area contributed by atoms with Crippen LogP contribution in [0.4, 0.5) is 5.69 Å². The molecule has 0 amide bonds. The van der Waals surface area contributed by atoms with Crippen molar-refractivity contribution in [3.63, 3.8) is 0 Å². The van der Waals surface area contributed by atoms with E-state index in [2.05, 4.69) is 5.10 Å². The third-order valence-electron chi connectivity index (χ3n) is 5.58. The van der Waals surface area contributed by atoms with Gasteiger partial charge in [0.05, 0.1) is 28.0 Å². The molecule has 2 aromatic heterocycles. The average molecular weight is 535 g/mol. The van der Waals surface area contributed by atoms with Crippen molar-refractivity contribution in [2.45, 2.75) is 31.7 Å². The molecule has 1 atom stereocenters. The quantitative estimate of drug-likeness (QED) is 0.358. The lowest BCUT2D eigenvalue weighted by Gasteiger charge is -2.37. The fraction of sp³-hybridized carbons (Fsp3) is 0.250. The van der Waals surface area contributed by atoms with E-state index in [4.69, 9.17) is 23.2 Å². The Bertz CT molecular complexity index is 1520. The summed E-state index contributed by atoms with van der Waals surface area (Å²) < 4.78 is 32.4.